The lowest BCUT2D eigenvalue weighted by atomic mass is 9.98. The van der Waals surface area contributed by atoms with Gasteiger partial charge in [0.2, 0.25) is 0 Å². The number of piperidine rings is 1. The van der Waals surface area contributed by atoms with Gasteiger partial charge in [-0.2, -0.15) is 0 Å². The number of hydrogen-bond donors (Lipinski definition) is 1. The van der Waals surface area contributed by atoms with E-state index < -0.39 is 0 Å². The normalized spacial score (nSPS) is 19.8. The zero-order valence-corrected chi connectivity index (χ0v) is 13.1. The van der Waals surface area contributed by atoms with Crippen LogP contribution in [0.1, 0.15) is 32.3 Å². The van der Waals surface area contributed by atoms with Crippen molar-refractivity contribution in [1.82, 2.24) is 10.2 Å². The van der Waals surface area contributed by atoms with Gasteiger partial charge in [0.05, 0.1) is 0 Å². The molecule has 0 radical (unpaired) electrons. The van der Waals surface area contributed by atoms with Crippen molar-refractivity contribution in [3.63, 3.8) is 0 Å². The fraction of sp³-hybridized carbons (Fsp3) is 0.625. The summed E-state index contributed by atoms with van der Waals surface area (Å²) in [7, 11) is 0. The molecule has 1 aromatic carbocycles. The molecule has 112 valence electrons. The third kappa shape index (κ3) is 4.18. The lowest BCUT2D eigenvalue weighted by Gasteiger charge is -2.33. The Hall–Kier alpha value is -0.640. The highest BCUT2D eigenvalue weighted by molar-refractivity contribution is 6.31. The standard InChI is InChI=1S/C16H24ClFN2/c1-12(2)20(10-13-5-4-8-19-9-13)11-14-15(17)6-3-7-16(14)18/h3,6-7,12-13,19H,4-5,8-11H2,1-2H3. The summed E-state index contributed by atoms with van der Waals surface area (Å²) in [5.74, 6) is 0.446. The van der Waals surface area contributed by atoms with E-state index in [2.05, 4.69) is 24.1 Å². The van der Waals surface area contributed by atoms with Crippen LogP contribution in [0.15, 0.2) is 18.2 Å². The van der Waals surface area contributed by atoms with Crippen LogP contribution < -0.4 is 5.32 Å². The molecule has 0 bridgehead atoms. The van der Waals surface area contributed by atoms with E-state index in [1.807, 2.05) is 0 Å². The van der Waals surface area contributed by atoms with E-state index in [-0.39, 0.29) is 5.82 Å². The Bertz CT molecular complexity index is 410. The van der Waals surface area contributed by atoms with Gasteiger partial charge in [0, 0.05) is 29.7 Å². The smallest absolute Gasteiger partial charge is 0.129 e. The monoisotopic (exact) mass is 298 g/mol. The quantitative estimate of drug-likeness (QED) is 0.892. The second kappa shape index (κ2) is 7.39. The first-order valence-electron chi connectivity index (χ1n) is 7.45. The summed E-state index contributed by atoms with van der Waals surface area (Å²) in [5.41, 5.74) is 0.617. The lowest BCUT2D eigenvalue weighted by molar-refractivity contribution is 0.162. The minimum atomic E-state index is -0.204. The summed E-state index contributed by atoms with van der Waals surface area (Å²) < 4.78 is 13.9. The average molecular weight is 299 g/mol. The molecule has 1 aromatic rings. The van der Waals surface area contributed by atoms with Gasteiger partial charge in [-0.1, -0.05) is 17.7 Å². The number of nitrogens with one attached hydrogen (secondary N) is 1. The molecule has 0 saturated carbocycles. The van der Waals surface area contributed by atoms with Crippen molar-refractivity contribution in [3.8, 4) is 0 Å². The first-order chi connectivity index (χ1) is 9.58. The molecule has 0 spiro atoms. The predicted octanol–water partition coefficient (Wildman–Crippen LogP) is 3.69. The van der Waals surface area contributed by atoms with Gasteiger partial charge in [-0.05, 0) is 57.8 Å². The Morgan fingerprint density at radius 2 is 2.25 bits per heavy atom. The van der Waals surface area contributed by atoms with E-state index in [1.165, 1.54) is 18.9 Å². The molecule has 0 amide bonds. The minimum absolute atomic E-state index is 0.204. The highest BCUT2D eigenvalue weighted by Gasteiger charge is 2.20. The molecule has 1 atom stereocenters. The van der Waals surface area contributed by atoms with Crippen molar-refractivity contribution in [1.29, 1.82) is 0 Å². The van der Waals surface area contributed by atoms with E-state index in [1.54, 1.807) is 12.1 Å². The van der Waals surface area contributed by atoms with Crippen LogP contribution >= 0.6 is 11.6 Å². The van der Waals surface area contributed by atoms with Crippen LogP contribution in [-0.4, -0.2) is 30.6 Å². The summed E-state index contributed by atoms with van der Waals surface area (Å²) in [5, 5.41) is 3.96. The summed E-state index contributed by atoms with van der Waals surface area (Å²) >= 11 is 6.14. The van der Waals surface area contributed by atoms with Crippen LogP contribution in [0.4, 0.5) is 4.39 Å². The Labute approximate surface area is 126 Å². The van der Waals surface area contributed by atoms with Gasteiger partial charge in [0.1, 0.15) is 5.82 Å². The van der Waals surface area contributed by atoms with E-state index in [9.17, 15) is 4.39 Å². The SMILES string of the molecule is CC(C)N(Cc1c(F)cccc1Cl)CC1CCCNC1. The Morgan fingerprint density at radius 3 is 2.85 bits per heavy atom. The first-order valence-corrected chi connectivity index (χ1v) is 7.83. The predicted molar refractivity (Wildman–Crippen MR) is 82.5 cm³/mol. The maximum absolute atomic E-state index is 13.9. The highest BCUT2D eigenvalue weighted by Crippen LogP contribution is 2.23. The molecule has 1 aliphatic rings. The van der Waals surface area contributed by atoms with Crippen LogP contribution in [0, 0.1) is 11.7 Å². The molecule has 0 aliphatic carbocycles. The molecule has 1 heterocycles. The summed E-state index contributed by atoms with van der Waals surface area (Å²) in [6.45, 7) is 8.08. The summed E-state index contributed by atoms with van der Waals surface area (Å²) in [6.07, 6.45) is 2.48. The maximum Gasteiger partial charge on any atom is 0.129 e. The molecule has 0 aromatic heterocycles. The molecule has 1 unspecified atom stereocenters. The number of benzene rings is 1. The molecule has 1 aliphatic heterocycles. The largest absolute Gasteiger partial charge is 0.316 e. The van der Waals surface area contributed by atoms with Gasteiger partial charge in [0.25, 0.3) is 0 Å². The molecule has 1 N–H and O–H groups in total. The fourth-order valence-electron chi connectivity index (χ4n) is 2.76. The van der Waals surface area contributed by atoms with Gasteiger partial charge in [-0.3, -0.25) is 4.90 Å². The van der Waals surface area contributed by atoms with Gasteiger partial charge in [0.15, 0.2) is 0 Å². The zero-order valence-electron chi connectivity index (χ0n) is 12.3. The van der Waals surface area contributed by atoms with E-state index in [0.29, 0.717) is 29.1 Å². The summed E-state index contributed by atoms with van der Waals surface area (Å²) in [4.78, 5) is 2.32. The third-order valence-electron chi connectivity index (χ3n) is 4.04. The Kier molecular flexibility index (Phi) is 5.82. The number of hydrogen-bond acceptors (Lipinski definition) is 2. The fourth-order valence-corrected chi connectivity index (χ4v) is 2.98. The highest BCUT2D eigenvalue weighted by atomic mass is 35.5. The van der Waals surface area contributed by atoms with Gasteiger partial charge < -0.3 is 5.32 Å². The Balaban J connectivity index is 2.05. The van der Waals surface area contributed by atoms with Crippen LogP contribution in [0.3, 0.4) is 0 Å². The van der Waals surface area contributed by atoms with E-state index in [4.69, 9.17) is 11.6 Å². The average Bonchev–Trinajstić information content (AvgIpc) is 2.42. The van der Waals surface area contributed by atoms with Gasteiger partial charge in [-0.15, -0.1) is 0 Å². The number of halogens is 2. The van der Waals surface area contributed by atoms with Gasteiger partial charge in [-0.25, -0.2) is 4.39 Å². The van der Waals surface area contributed by atoms with Crippen LogP contribution in [0.2, 0.25) is 5.02 Å². The van der Waals surface area contributed by atoms with Crippen molar-refractivity contribution in [2.75, 3.05) is 19.6 Å². The minimum Gasteiger partial charge on any atom is -0.316 e. The Morgan fingerprint density at radius 1 is 1.45 bits per heavy atom. The topological polar surface area (TPSA) is 15.3 Å². The van der Waals surface area contributed by atoms with Crippen molar-refractivity contribution >= 4 is 11.6 Å². The maximum atomic E-state index is 13.9. The van der Waals surface area contributed by atoms with Crippen molar-refractivity contribution in [2.24, 2.45) is 5.92 Å². The zero-order chi connectivity index (χ0) is 14.5. The van der Waals surface area contributed by atoms with Crippen molar-refractivity contribution < 1.29 is 4.39 Å². The molecule has 4 heteroatoms. The third-order valence-corrected chi connectivity index (χ3v) is 4.40. The molecule has 2 nitrogen and oxygen atoms in total. The van der Waals surface area contributed by atoms with E-state index >= 15 is 0 Å². The van der Waals surface area contributed by atoms with Crippen LogP contribution in [0.25, 0.3) is 0 Å². The van der Waals surface area contributed by atoms with E-state index in [0.717, 1.165) is 19.6 Å². The number of nitrogens with zero attached hydrogens (tertiary/aromatic N) is 1. The molecular weight excluding hydrogens is 275 g/mol. The summed E-state index contributed by atoms with van der Waals surface area (Å²) in [6, 6.07) is 5.29. The molecular formula is C16H24ClFN2. The van der Waals surface area contributed by atoms with Gasteiger partial charge >= 0.3 is 0 Å². The lowest BCUT2D eigenvalue weighted by Crippen LogP contribution is -2.41. The van der Waals surface area contributed by atoms with Crippen LogP contribution in [-0.2, 0) is 6.54 Å². The second-order valence-corrected chi connectivity index (χ2v) is 6.34. The molecule has 2 rings (SSSR count). The van der Waals surface area contributed by atoms with Crippen molar-refractivity contribution in [3.05, 3.63) is 34.6 Å². The van der Waals surface area contributed by atoms with Crippen LogP contribution in [0.5, 0.6) is 0 Å². The molecule has 1 fully saturated rings. The molecule has 20 heavy (non-hydrogen) atoms. The van der Waals surface area contributed by atoms with Crippen molar-refractivity contribution in [2.45, 2.75) is 39.3 Å². The molecule has 1 saturated heterocycles. The number of rotatable bonds is 5. The first kappa shape index (κ1) is 15.7. The second-order valence-electron chi connectivity index (χ2n) is 5.94.